The highest BCUT2D eigenvalue weighted by molar-refractivity contribution is 9.10. The number of benzene rings is 1. The number of aromatic nitrogens is 1. The molecule has 1 aromatic carbocycles. The minimum atomic E-state index is -4.69. The van der Waals surface area contributed by atoms with Crippen LogP contribution >= 0.6 is 39.1 Å². The van der Waals surface area contributed by atoms with Crippen molar-refractivity contribution in [1.29, 1.82) is 5.26 Å². The predicted octanol–water partition coefficient (Wildman–Crippen LogP) is 6.11. The molecule has 0 aliphatic rings. The topological polar surface area (TPSA) is 38.0 Å². The van der Waals surface area contributed by atoms with Crippen LogP contribution in [-0.4, -0.2) is 11.2 Å². The summed E-state index contributed by atoms with van der Waals surface area (Å²) in [4.78, 5) is 0. The second-order valence-electron chi connectivity index (χ2n) is 4.65. The van der Waals surface area contributed by atoms with Gasteiger partial charge >= 0.3 is 6.18 Å². The highest BCUT2D eigenvalue weighted by atomic mass is 79.9. The van der Waals surface area contributed by atoms with Gasteiger partial charge in [-0.25, -0.2) is 0 Å². The van der Waals surface area contributed by atoms with Crippen molar-refractivity contribution in [3.8, 4) is 17.3 Å². The Hall–Kier alpha value is -1.20. The highest BCUT2D eigenvalue weighted by Crippen LogP contribution is 2.45. The van der Waals surface area contributed by atoms with Crippen LogP contribution in [0.4, 0.5) is 13.2 Å². The van der Waals surface area contributed by atoms with Gasteiger partial charge < -0.3 is 9.30 Å². The lowest BCUT2D eigenvalue weighted by Gasteiger charge is -2.16. The van der Waals surface area contributed by atoms with Crippen molar-refractivity contribution in [3.05, 3.63) is 44.0 Å². The van der Waals surface area contributed by atoms with E-state index in [1.165, 1.54) is 12.1 Å². The lowest BCUT2D eigenvalue weighted by atomic mass is 10.1. The second kappa shape index (κ2) is 7.36. The Morgan fingerprint density at radius 2 is 2.00 bits per heavy atom. The molecule has 0 saturated carbocycles. The molecule has 0 bridgehead atoms. The van der Waals surface area contributed by atoms with Crippen molar-refractivity contribution in [3.63, 3.8) is 0 Å². The summed E-state index contributed by atoms with van der Waals surface area (Å²) in [6.07, 6.45) is -4.69. The Bertz CT molecular complexity index is 813. The molecule has 0 radical (unpaired) electrons. The van der Waals surface area contributed by atoms with Gasteiger partial charge in [-0.2, -0.15) is 18.4 Å². The Morgan fingerprint density at radius 3 is 2.54 bits per heavy atom. The van der Waals surface area contributed by atoms with Crippen molar-refractivity contribution < 1.29 is 17.9 Å². The molecular weight excluding hydrogens is 432 g/mol. The zero-order chi connectivity index (χ0) is 18.1. The van der Waals surface area contributed by atoms with Gasteiger partial charge in [0.1, 0.15) is 18.5 Å². The lowest BCUT2D eigenvalue weighted by Crippen LogP contribution is -2.16. The maximum Gasteiger partial charge on any atom is 0.432 e. The molecular formula is C15H10BrCl2F3N2O. The molecule has 0 spiro atoms. The first kappa shape index (κ1) is 19.1. The molecule has 0 aliphatic heterocycles. The van der Waals surface area contributed by atoms with Gasteiger partial charge in [0.05, 0.1) is 25.8 Å². The fourth-order valence-corrected chi connectivity index (χ4v) is 3.35. The quantitative estimate of drug-likeness (QED) is 0.574. The minimum Gasteiger partial charge on any atom is -0.361 e. The number of hydrogen-bond acceptors (Lipinski definition) is 2. The van der Waals surface area contributed by atoms with Crippen LogP contribution < -0.4 is 0 Å². The van der Waals surface area contributed by atoms with Crippen LogP contribution in [-0.2, 0) is 17.6 Å². The first-order valence-corrected chi connectivity index (χ1v) is 8.20. The Balaban J connectivity index is 2.88. The summed E-state index contributed by atoms with van der Waals surface area (Å²) in [6.45, 7) is 1.48. The van der Waals surface area contributed by atoms with Crippen LogP contribution in [0, 0.1) is 11.3 Å². The van der Waals surface area contributed by atoms with E-state index < -0.39 is 11.9 Å². The van der Waals surface area contributed by atoms with Gasteiger partial charge in [-0.05, 0) is 28.9 Å². The SMILES string of the molecule is CCOCn1c(-c2cccc(Cl)c2Cl)c(C#N)c(Br)c1C(F)(F)F. The summed E-state index contributed by atoms with van der Waals surface area (Å²) in [5, 5.41) is 9.61. The Morgan fingerprint density at radius 1 is 1.33 bits per heavy atom. The van der Waals surface area contributed by atoms with Gasteiger partial charge in [0.2, 0.25) is 0 Å². The van der Waals surface area contributed by atoms with Crippen molar-refractivity contribution in [2.45, 2.75) is 19.8 Å². The molecule has 0 unspecified atom stereocenters. The third-order valence-electron chi connectivity index (χ3n) is 3.22. The summed E-state index contributed by atoms with van der Waals surface area (Å²) in [5.41, 5.74) is -0.987. The summed E-state index contributed by atoms with van der Waals surface area (Å²) in [7, 11) is 0. The zero-order valence-electron chi connectivity index (χ0n) is 12.2. The molecule has 0 atom stereocenters. The van der Waals surface area contributed by atoms with E-state index in [1.807, 2.05) is 0 Å². The number of hydrogen-bond donors (Lipinski definition) is 0. The van der Waals surface area contributed by atoms with Gasteiger partial charge in [0, 0.05) is 12.2 Å². The summed E-state index contributed by atoms with van der Waals surface area (Å²) in [6, 6.07) is 6.35. The molecule has 9 heteroatoms. The van der Waals surface area contributed by atoms with Crippen LogP contribution in [0.2, 0.25) is 10.0 Å². The van der Waals surface area contributed by atoms with Gasteiger partial charge in [0.25, 0.3) is 0 Å². The van der Waals surface area contributed by atoms with E-state index in [0.717, 1.165) is 4.57 Å². The van der Waals surface area contributed by atoms with Gasteiger partial charge in [-0.15, -0.1) is 0 Å². The number of nitrogens with zero attached hydrogens (tertiary/aromatic N) is 2. The number of rotatable bonds is 4. The number of alkyl halides is 3. The molecule has 0 saturated heterocycles. The molecule has 1 aromatic heterocycles. The van der Waals surface area contributed by atoms with Gasteiger partial charge in [-0.3, -0.25) is 0 Å². The fraction of sp³-hybridized carbons (Fsp3) is 0.267. The molecule has 2 rings (SSSR count). The molecule has 128 valence electrons. The standard InChI is InChI=1S/C15H10BrCl2F3N2O/c1-2-24-7-23-13(8-4-3-5-10(17)12(8)18)9(6-22)11(16)14(23)15(19,20)21/h3-5H,2,7H2,1H3. The molecule has 3 nitrogen and oxygen atoms in total. The van der Waals surface area contributed by atoms with E-state index in [1.54, 1.807) is 19.1 Å². The largest absolute Gasteiger partial charge is 0.432 e. The number of ether oxygens (including phenoxy) is 1. The maximum absolute atomic E-state index is 13.5. The third-order valence-corrected chi connectivity index (χ3v) is 4.81. The van der Waals surface area contributed by atoms with Crippen LogP contribution in [0.5, 0.6) is 0 Å². The average Bonchev–Trinajstić information content (AvgIpc) is 2.79. The van der Waals surface area contributed by atoms with E-state index in [9.17, 15) is 18.4 Å². The molecule has 24 heavy (non-hydrogen) atoms. The molecule has 0 N–H and O–H groups in total. The van der Waals surface area contributed by atoms with Crippen LogP contribution in [0.3, 0.4) is 0 Å². The monoisotopic (exact) mass is 440 g/mol. The van der Waals surface area contributed by atoms with Gasteiger partial charge in [0.15, 0.2) is 0 Å². The Kier molecular flexibility index (Phi) is 5.87. The second-order valence-corrected chi connectivity index (χ2v) is 6.23. The Labute approximate surface area is 154 Å². The zero-order valence-corrected chi connectivity index (χ0v) is 15.3. The summed E-state index contributed by atoms with van der Waals surface area (Å²) < 4.78 is 46.1. The first-order chi connectivity index (χ1) is 11.2. The fourth-order valence-electron chi connectivity index (χ4n) is 2.25. The lowest BCUT2D eigenvalue weighted by molar-refractivity contribution is -0.146. The molecule has 0 amide bonds. The third kappa shape index (κ3) is 3.42. The summed E-state index contributed by atoms with van der Waals surface area (Å²) >= 11 is 15.0. The van der Waals surface area contributed by atoms with E-state index in [2.05, 4.69) is 15.9 Å². The van der Waals surface area contributed by atoms with E-state index >= 15 is 0 Å². The van der Waals surface area contributed by atoms with E-state index in [0.29, 0.717) is 0 Å². The molecule has 0 aliphatic carbocycles. The van der Waals surface area contributed by atoms with Crippen LogP contribution in [0.15, 0.2) is 22.7 Å². The smallest absolute Gasteiger partial charge is 0.361 e. The molecule has 0 fully saturated rings. The van der Waals surface area contributed by atoms with Crippen molar-refractivity contribution in [2.24, 2.45) is 0 Å². The van der Waals surface area contributed by atoms with Gasteiger partial charge in [-0.1, -0.05) is 35.3 Å². The summed E-state index contributed by atoms with van der Waals surface area (Å²) in [5.74, 6) is 0. The van der Waals surface area contributed by atoms with Crippen LogP contribution in [0.25, 0.3) is 11.3 Å². The van der Waals surface area contributed by atoms with Crippen LogP contribution in [0.1, 0.15) is 18.2 Å². The first-order valence-electron chi connectivity index (χ1n) is 6.65. The minimum absolute atomic E-state index is 0.00218. The number of nitriles is 1. The highest BCUT2D eigenvalue weighted by Gasteiger charge is 2.41. The van der Waals surface area contributed by atoms with Crippen molar-refractivity contribution >= 4 is 39.1 Å². The van der Waals surface area contributed by atoms with E-state index in [-0.39, 0.29) is 44.7 Å². The number of halogens is 6. The molecule has 1 heterocycles. The maximum atomic E-state index is 13.5. The molecule has 2 aromatic rings. The van der Waals surface area contributed by atoms with E-state index in [4.69, 9.17) is 27.9 Å². The van der Waals surface area contributed by atoms with Crippen molar-refractivity contribution in [2.75, 3.05) is 6.61 Å². The normalized spacial score (nSPS) is 11.6. The predicted molar refractivity (Wildman–Crippen MR) is 88.9 cm³/mol. The van der Waals surface area contributed by atoms with Crippen molar-refractivity contribution in [1.82, 2.24) is 4.57 Å². The average molecular weight is 442 g/mol.